The number of hydrogen-bond donors (Lipinski definition) is 1. The lowest BCUT2D eigenvalue weighted by Crippen LogP contribution is -2.00. The highest BCUT2D eigenvalue weighted by Crippen LogP contribution is 2.39. The summed E-state index contributed by atoms with van der Waals surface area (Å²) >= 11 is 0. The highest BCUT2D eigenvalue weighted by Gasteiger charge is 2.19. The second-order valence-electron chi connectivity index (χ2n) is 3.99. The molecule has 0 saturated heterocycles. The number of benzene rings is 1. The fourth-order valence-corrected chi connectivity index (χ4v) is 1.92. The van der Waals surface area contributed by atoms with Crippen molar-refractivity contribution in [2.75, 3.05) is 21.3 Å². The van der Waals surface area contributed by atoms with Gasteiger partial charge in [-0.3, -0.25) is 0 Å². The predicted octanol–water partition coefficient (Wildman–Crippen LogP) is 1.36. The molecule has 0 aliphatic carbocycles. The van der Waals surface area contributed by atoms with Crippen LogP contribution in [0.3, 0.4) is 0 Å². The third kappa shape index (κ3) is 2.59. The molecule has 1 aromatic heterocycles. The van der Waals surface area contributed by atoms with E-state index in [0.717, 1.165) is 5.56 Å². The van der Waals surface area contributed by atoms with E-state index in [9.17, 15) is 0 Å². The molecular weight excluding hydrogens is 262 g/mol. The summed E-state index contributed by atoms with van der Waals surface area (Å²) in [4.78, 5) is 4.19. The Morgan fingerprint density at radius 3 is 2.45 bits per heavy atom. The van der Waals surface area contributed by atoms with Crippen molar-refractivity contribution >= 4 is 0 Å². The lowest BCUT2D eigenvalue weighted by molar-refractivity contribution is 0.181. The first-order valence-electron chi connectivity index (χ1n) is 6.01. The topological polar surface area (TPSA) is 92.6 Å². The predicted molar refractivity (Wildman–Crippen MR) is 71.4 cm³/mol. The number of nitrogens with zero attached hydrogens (tertiary/aromatic N) is 2. The van der Waals surface area contributed by atoms with Gasteiger partial charge in [0.15, 0.2) is 11.5 Å². The maximum absolute atomic E-state index is 5.46. The normalized spacial score (nSPS) is 10.6. The lowest BCUT2D eigenvalue weighted by Gasteiger charge is -2.14. The van der Waals surface area contributed by atoms with Gasteiger partial charge in [-0.2, -0.15) is 4.98 Å². The van der Waals surface area contributed by atoms with Crippen molar-refractivity contribution < 1.29 is 18.7 Å². The van der Waals surface area contributed by atoms with Gasteiger partial charge in [0, 0.05) is 12.7 Å². The number of hydrogen-bond acceptors (Lipinski definition) is 7. The minimum atomic E-state index is 0.189. The van der Waals surface area contributed by atoms with Crippen LogP contribution < -0.4 is 15.2 Å². The third-order valence-corrected chi connectivity index (χ3v) is 2.79. The smallest absolute Gasteiger partial charge is 0.240 e. The summed E-state index contributed by atoms with van der Waals surface area (Å²) in [6.07, 6.45) is 0. The van der Waals surface area contributed by atoms with Gasteiger partial charge in [0.2, 0.25) is 11.7 Å². The monoisotopic (exact) mass is 279 g/mol. The highest BCUT2D eigenvalue weighted by atomic mass is 16.5. The van der Waals surface area contributed by atoms with Gasteiger partial charge in [-0.05, 0) is 6.07 Å². The zero-order valence-electron chi connectivity index (χ0n) is 11.7. The molecule has 0 atom stereocenters. The molecule has 0 unspecified atom stereocenters. The highest BCUT2D eigenvalue weighted by molar-refractivity contribution is 5.70. The Morgan fingerprint density at radius 1 is 1.15 bits per heavy atom. The minimum absolute atomic E-state index is 0.189. The molecule has 0 aliphatic heterocycles. The van der Waals surface area contributed by atoms with E-state index < -0.39 is 0 Å². The molecule has 0 saturated carbocycles. The van der Waals surface area contributed by atoms with Gasteiger partial charge in [-0.15, -0.1) is 0 Å². The molecule has 0 aliphatic rings. The summed E-state index contributed by atoms with van der Waals surface area (Å²) in [5.41, 5.74) is 7.01. The van der Waals surface area contributed by atoms with Crippen LogP contribution in [0.1, 0.15) is 11.5 Å². The molecule has 1 heterocycles. The minimum Gasteiger partial charge on any atom is -0.492 e. The van der Waals surface area contributed by atoms with E-state index in [2.05, 4.69) is 10.1 Å². The van der Waals surface area contributed by atoms with Crippen molar-refractivity contribution in [2.45, 2.75) is 13.2 Å². The second kappa shape index (κ2) is 6.36. The number of rotatable bonds is 6. The Labute approximate surface area is 116 Å². The van der Waals surface area contributed by atoms with Gasteiger partial charge in [0.05, 0.1) is 32.9 Å². The molecule has 0 amide bonds. The molecular formula is C13H17N3O4. The molecule has 2 N–H and O–H groups in total. The largest absolute Gasteiger partial charge is 0.492 e. The van der Waals surface area contributed by atoms with Gasteiger partial charge in [-0.1, -0.05) is 11.2 Å². The van der Waals surface area contributed by atoms with E-state index in [-0.39, 0.29) is 6.54 Å². The van der Waals surface area contributed by atoms with Crippen LogP contribution in [0, 0.1) is 0 Å². The summed E-state index contributed by atoms with van der Waals surface area (Å²) < 4.78 is 21.0. The van der Waals surface area contributed by atoms with Gasteiger partial charge < -0.3 is 24.5 Å². The Morgan fingerprint density at radius 2 is 1.90 bits per heavy atom. The maximum Gasteiger partial charge on any atom is 0.240 e. The van der Waals surface area contributed by atoms with E-state index in [1.54, 1.807) is 21.3 Å². The van der Waals surface area contributed by atoms with Crippen molar-refractivity contribution in [3.05, 3.63) is 23.6 Å². The Hall–Kier alpha value is -2.12. The van der Waals surface area contributed by atoms with E-state index in [1.807, 2.05) is 12.1 Å². The number of methoxy groups -OCH3 is 3. The quantitative estimate of drug-likeness (QED) is 0.853. The Kier molecular flexibility index (Phi) is 4.54. The van der Waals surface area contributed by atoms with E-state index in [0.29, 0.717) is 35.4 Å². The molecule has 1 aromatic carbocycles. The van der Waals surface area contributed by atoms with Crippen LogP contribution in [0.25, 0.3) is 11.4 Å². The van der Waals surface area contributed by atoms with Crippen molar-refractivity contribution in [1.82, 2.24) is 10.1 Å². The van der Waals surface area contributed by atoms with Crippen molar-refractivity contribution in [1.29, 1.82) is 0 Å². The van der Waals surface area contributed by atoms with Crippen LogP contribution in [0.5, 0.6) is 11.5 Å². The fourth-order valence-electron chi connectivity index (χ4n) is 1.92. The average molecular weight is 279 g/mol. The van der Waals surface area contributed by atoms with Crippen molar-refractivity contribution in [2.24, 2.45) is 5.73 Å². The molecule has 0 fully saturated rings. The molecule has 108 valence electrons. The van der Waals surface area contributed by atoms with Crippen LogP contribution in [-0.2, 0) is 17.9 Å². The van der Waals surface area contributed by atoms with Crippen LogP contribution in [0.4, 0.5) is 0 Å². The Bertz CT molecular complexity index is 583. The summed E-state index contributed by atoms with van der Waals surface area (Å²) in [6.45, 7) is 0.605. The van der Waals surface area contributed by atoms with Crippen LogP contribution in [0.15, 0.2) is 16.7 Å². The standard InChI is InChI=1S/C13H17N3O4/c1-17-7-8-4-5-9(12(19-3)11(8)18-2)13-15-10(6-14)20-16-13/h4-5H,6-7,14H2,1-3H3. The van der Waals surface area contributed by atoms with E-state index >= 15 is 0 Å². The van der Waals surface area contributed by atoms with Gasteiger partial charge >= 0.3 is 0 Å². The number of aromatic nitrogens is 2. The van der Waals surface area contributed by atoms with Gasteiger partial charge in [0.1, 0.15) is 0 Å². The molecule has 2 rings (SSSR count). The molecule has 7 heteroatoms. The molecule has 0 radical (unpaired) electrons. The first-order valence-corrected chi connectivity index (χ1v) is 6.01. The zero-order chi connectivity index (χ0) is 14.5. The summed E-state index contributed by atoms with van der Waals surface area (Å²) in [5, 5.41) is 3.88. The van der Waals surface area contributed by atoms with Crippen molar-refractivity contribution in [3.8, 4) is 22.9 Å². The van der Waals surface area contributed by atoms with Crippen LogP contribution in [-0.4, -0.2) is 31.5 Å². The van der Waals surface area contributed by atoms with Gasteiger partial charge in [0.25, 0.3) is 0 Å². The first-order chi connectivity index (χ1) is 9.74. The third-order valence-electron chi connectivity index (χ3n) is 2.79. The molecule has 7 nitrogen and oxygen atoms in total. The molecule has 2 aromatic rings. The summed E-state index contributed by atoms with van der Waals surface area (Å²) in [5.74, 6) is 1.89. The van der Waals surface area contributed by atoms with E-state index in [4.69, 9.17) is 24.5 Å². The fraction of sp³-hybridized carbons (Fsp3) is 0.385. The van der Waals surface area contributed by atoms with Gasteiger partial charge in [-0.25, -0.2) is 0 Å². The number of nitrogens with two attached hydrogens (primary N) is 1. The summed E-state index contributed by atoms with van der Waals surface area (Å²) in [7, 11) is 4.75. The lowest BCUT2D eigenvalue weighted by atomic mass is 10.1. The SMILES string of the molecule is COCc1ccc(-c2noc(CN)n2)c(OC)c1OC. The first kappa shape index (κ1) is 14.3. The molecule has 0 spiro atoms. The average Bonchev–Trinajstić information content (AvgIpc) is 2.95. The zero-order valence-corrected chi connectivity index (χ0v) is 11.7. The van der Waals surface area contributed by atoms with Crippen molar-refractivity contribution in [3.63, 3.8) is 0 Å². The maximum atomic E-state index is 5.46. The molecule has 20 heavy (non-hydrogen) atoms. The Balaban J connectivity index is 2.53. The second-order valence-corrected chi connectivity index (χ2v) is 3.99. The van der Waals surface area contributed by atoms with Crippen LogP contribution >= 0.6 is 0 Å². The van der Waals surface area contributed by atoms with E-state index in [1.165, 1.54) is 0 Å². The van der Waals surface area contributed by atoms with Crippen LogP contribution in [0.2, 0.25) is 0 Å². The summed E-state index contributed by atoms with van der Waals surface area (Å²) in [6, 6.07) is 3.71. The number of ether oxygens (including phenoxy) is 3. The molecule has 0 bridgehead atoms.